The van der Waals surface area contributed by atoms with Gasteiger partial charge in [0.1, 0.15) is 0 Å². The molecule has 0 aromatic carbocycles. The summed E-state index contributed by atoms with van der Waals surface area (Å²) in [4.78, 5) is 25.3. The fourth-order valence-corrected chi connectivity index (χ4v) is 4.11. The molecule has 3 fully saturated rings. The van der Waals surface area contributed by atoms with E-state index in [-0.39, 0.29) is 23.7 Å². The molecule has 6 atom stereocenters. The van der Waals surface area contributed by atoms with Gasteiger partial charge in [-0.15, -0.1) is 0 Å². The minimum atomic E-state index is -0.0127. The van der Waals surface area contributed by atoms with Crippen molar-refractivity contribution in [2.45, 2.75) is 6.42 Å². The molecule has 5 aliphatic rings. The van der Waals surface area contributed by atoms with Crippen molar-refractivity contribution in [3.63, 3.8) is 0 Å². The first-order valence-corrected chi connectivity index (χ1v) is 5.70. The van der Waals surface area contributed by atoms with Crippen LogP contribution in [0.5, 0.6) is 0 Å². The predicted molar refractivity (Wildman–Crippen MR) is 52.5 cm³/mol. The van der Waals surface area contributed by atoms with Crippen LogP contribution >= 0.6 is 0 Å². The molecular formula is C12H13NO2. The highest BCUT2D eigenvalue weighted by molar-refractivity contribution is 6.05. The van der Waals surface area contributed by atoms with Gasteiger partial charge in [0.05, 0.1) is 11.8 Å². The highest BCUT2D eigenvalue weighted by Gasteiger charge is 2.66. The van der Waals surface area contributed by atoms with E-state index in [4.69, 9.17) is 0 Å². The molecule has 2 amide bonds. The van der Waals surface area contributed by atoms with Gasteiger partial charge >= 0.3 is 0 Å². The molecule has 2 bridgehead atoms. The molecule has 0 radical (unpaired) electrons. The summed E-state index contributed by atoms with van der Waals surface area (Å²) in [6.45, 7) is 0. The lowest BCUT2D eigenvalue weighted by Crippen LogP contribution is -2.40. The van der Waals surface area contributed by atoms with E-state index in [0.717, 1.165) is 0 Å². The monoisotopic (exact) mass is 203 g/mol. The normalized spacial score (nSPS) is 54.6. The van der Waals surface area contributed by atoms with Crippen LogP contribution in [0, 0.1) is 35.5 Å². The maximum absolute atomic E-state index is 12.0. The van der Waals surface area contributed by atoms with Gasteiger partial charge in [0.15, 0.2) is 0 Å². The summed E-state index contributed by atoms with van der Waals surface area (Å²) in [6, 6.07) is 0. The molecule has 15 heavy (non-hydrogen) atoms. The molecule has 3 nitrogen and oxygen atoms in total. The van der Waals surface area contributed by atoms with Gasteiger partial charge in [-0.05, 0) is 30.1 Å². The minimum Gasteiger partial charge on any atom is -0.285 e. The van der Waals surface area contributed by atoms with Gasteiger partial charge in [-0.25, -0.2) is 0 Å². The van der Waals surface area contributed by atoms with Crippen LogP contribution in [0.25, 0.3) is 0 Å². The largest absolute Gasteiger partial charge is 0.285 e. The smallest absolute Gasteiger partial charge is 0.233 e. The zero-order valence-electron chi connectivity index (χ0n) is 8.59. The van der Waals surface area contributed by atoms with Crippen LogP contribution in [-0.2, 0) is 9.59 Å². The third kappa shape index (κ3) is 0.724. The van der Waals surface area contributed by atoms with Gasteiger partial charge in [0.2, 0.25) is 11.8 Å². The van der Waals surface area contributed by atoms with Gasteiger partial charge in [-0.3, -0.25) is 14.5 Å². The second kappa shape index (κ2) is 2.18. The summed E-state index contributed by atoms with van der Waals surface area (Å²) in [5.41, 5.74) is 0. The molecule has 0 N–H and O–H groups in total. The molecule has 0 spiro atoms. The molecule has 1 heterocycles. The standard InChI is InChI=1S/C12H13NO2/c1-13-11(14)9-5-2-3-6(8-4-7(5)8)10(9)12(13)15/h2-3,5-10H,4H2,1H3/t5-,6-,7-,8-,9+,10+/m0/s1. The third-order valence-corrected chi connectivity index (χ3v) is 4.88. The first kappa shape index (κ1) is 8.08. The van der Waals surface area contributed by atoms with Gasteiger partial charge in [0.25, 0.3) is 0 Å². The van der Waals surface area contributed by atoms with E-state index in [1.54, 1.807) is 7.05 Å². The molecule has 1 saturated heterocycles. The Balaban J connectivity index is 1.86. The van der Waals surface area contributed by atoms with Crippen molar-refractivity contribution in [3.8, 4) is 0 Å². The Labute approximate surface area is 88.1 Å². The molecule has 0 aromatic rings. The van der Waals surface area contributed by atoms with Crippen molar-refractivity contribution in [2.75, 3.05) is 7.05 Å². The van der Waals surface area contributed by atoms with E-state index in [2.05, 4.69) is 12.2 Å². The van der Waals surface area contributed by atoms with Crippen molar-refractivity contribution in [1.29, 1.82) is 0 Å². The summed E-state index contributed by atoms with van der Waals surface area (Å²) in [5.74, 6) is 2.26. The summed E-state index contributed by atoms with van der Waals surface area (Å²) < 4.78 is 0. The maximum Gasteiger partial charge on any atom is 0.233 e. The lowest BCUT2D eigenvalue weighted by atomic mass is 9.63. The zero-order valence-corrected chi connectivity index (χ0v) is 8.59. The van der Waals surface area contributed by atoms with Crippen molar-refractivity contribution in [1.82, 2.24) is 4.90 Å². The lowest BCUT2D eigenvalue weighted by Gasteiger charge is -2.37. The quantitative estimate of drug-likeness (QED) is 0.428. The SMILES string of the molecule is CN1C(=O)[C@@H]2[C@H]3C=C[C@@H]([C@@H]4C[C@@H]34)[C@H]2C1=O. The second-order valence-corrected chi connectivity index (χ2v) is 5.39. The lowest BCUT2D eigenvalue weighted by molar-refractivity contribution is -0.138. The average molecular weight is 203 g/mol. The number of rotatable bonds is 0. The van der Waals surface area contributed by atoms with Crippen LogP contribution in [0.1, 0.15) is 6.42 Å². The fraction of sp³-hybridized carbons (Fsp3) is 0.667. The van der Waals surface area contributed by atoms with Crippen molar-refractivity contribution in [2.24, 2.45) is 35.5 Å². The second-order valence-electron chi connectivity index (χ2n) is 5.39. The topological polar surface area (TPSA) is 37.4 Å². The molecular weight excluding hydrogens is 190 g/mol. The van der Waals surface area contributed by atoms with Gasteiger partial charge < -0.3 is 0 Å². The summed E-state index contributed by atoms with van der Waals surface area (Å²) in [5, 5.41) is 0. The molecule has 4 aliphatic carbocycles. The summed E-state index contributed by atoms with van der Waals surface area (Å²) in [6.07, 6.45) is 5.63. The van der Waals surface area contributed by atoms with E-state index in [1.807, 2.05) is 0 Å². The summed E-state index contributed by atoms with van der Waals surface area (Å²) >= 11 is 0. The maximum atomic E-state index is 12.0. The number of amides is 2. The predicted octanol–water partition coefficient (Wildman–Crippen LogP) is 0.669. The Morgan fingerprint density at radius 1 is 1.07 bits per heavy atom. The van der Waals surface area contributed by atoms with Crippen LogP contribution in [0.15, 0.2) is 12.2 Å². The van der Waals surface area contributed by atoms with Crippen LogP contribution < -0.4 is 0 Å². The average Bonchev–Trinajstić information content (AvgIpc) is 3.02. The number of imide groups is 1. The number of allylic oxidation sites excluding steroid dienone is 2. The zero-order chi connectivity index (χ0) is 10.3. The number of hydrogen-bond donors (Lipinski definition) is 0. The van der Waals surface area contributed by atoms with E-state index >= 15 is 0 Å². The molecule has 78 valence electrons. The molecule has 5 rings (SSSR count). The van der Waals surface area contributed by atoms with Gasteiger partial charge in [-0.1, -0.05) is 12.2 Å². The first-order valence-electron chi connectivity index (χ1n) is 5.70. The van der Waals surface area contributed by atoms with E-state index in [9.17, 15) is 9.59 Å². The van der Waals surface area contributed by atoms with Crippen LogP contribution in [0.2, 0.25) is 0 Å². The number of carbonyl (C=O) groups is 2. The van der Waals surface area contributed by atoms with E-state index in [1.165, 1.54) is 11.3 Å². The van der Waals surface area contributed by atoms with E-state index in [0.29, 0.717) is 23.7 Å². The van der Waals surface area contributed by atoms with Crippen LogP contribution in [0.4, 0.5) is 0 Å². The number of likely N-dealkylation sites (tertiary alicyclic amines) is 1. The highest BCUT2D eigenvalue weighted by Crippen LogP contribution is 2.65. The minimum absolute atomic E-state index is 0.0127. The van der Waals surface area contributed by atoms with Gasteiger partial charge in [-0.2, -0.15) is 0 Å². The third-order valence-electron chi connectivity index (χ3n) is 4.88. The van der Waals surface area contributed by atoms with Crippen LogP contribution in [-0.4, -0.2) is 23.8 Å². The Kier molecular flexibility index (Phi) is 1.17. The number of hydrogen-bond acceptors (Lipinski definition) is 2. The molecule has 2 saturated carbocycles. The molecule has 0 aromatic heterocycles. The van der Waals surface area contributed by atoms with E-state index < -0.39 is 0 Å². The Morgan fingerprint density at radius 2 is 1.53 bits per heavy atom. The fourth-order valence-electron chi connectivity index (χ4n) is 4.11. The Hall–Kier alpha value is -1.12. The van der Waals surface area contributed by atoms with Gasteiger partial charge in [0, 0.05) is 7.05 Å². The first-order chi connectivity index (χ1) is 7.20. The highest BCUT2D eigenvalue weighted by atomic mass is 16.2. The van der Waals surface area contributed by atoms with Crippen molar-refractivity contribution in [3.05, 3.63) is 12.2 Å². The van der Waals surface area contributed by atoms with Crippen molar-refractivity contribution >= 4 is 11.8 Å². The molecule has 0 unspecified atom stereocenters. The Morgan fingerprint density at radius 3 is 2.00 bits per heavy atom. The van der Waals surface area contributed by atoms with Crippen molar-refractivity contribution < 1.29 is 9.59 Å². The number of carbonyl (C=O) groups excluding carboxylic acids is 2. The summed E-state index contributed by atoms with van der Waals surface area (Å²) in [7, 11) is 1.63. The molecule has 3 heteroatoms. The molecule has 1 aliphatic heterocycles. The Bertz CT molecular complexity index is 378. The van der Waals surface area contributed by atoms with Crippen LogP contribution in [0.3, 0.4) is 0 Å². The number of nitrogens with zero attached hydrogens (tertiary/aromatic N) is 1.